The van der Waals surface area contributed by atoms with Crippen LogP contribution in [0.4, 0.5) is 0 Å². The molecule has 0 fully saturated rings. The largest absolute Gasteiger partial charge is 0.501 e. The second kappa shape index (κ2) is 2.87. The molecule has 0 amide bonds. The fourth-order valence-electron chi connectivity index (χ4n) is 1.81. The van der Waals surface area contributed by atoms with Crippen molar-refractivity contribution >= 4 is 16.6 Å². The Hall–Kier alpha value is -1.77. The van der Waals surface area contributed by atoms with Crippen molar-refractivity contribution in [2.24, 2.45) is 0 Å². The van der Waals surface area contributed by atoms with Crippen LogP contribution in [0.2, 0.25) is 0 Å². The number of aromatic nitrogens is 2. The Morgan fingerprint density at radius 1 is 1.43 bits per heavy atom. The highest BCUT2D eigenvalue weighted by Gasteiger charge is 2.12. The molecule has 1 N–H and O–H groups in total. The Kier molecular flexibility index (Phi) is 1.56. The predicted octanol–water partition coefficient (Wildman–Crippen LogP) is 2.32. The maximum atomic E-state index is 5.23. The Balaban J connectivity index is 2.21. The molecule has 0 aromatic carbocycles. The van der Waals surface area contributed by atoms with Crippen LogP contribution in [0.25, 0.3) is 16.6 Å². The van der Waals surface area contributed by atoms with Crippen LogP contribution in [-0.4, -0.2) is 16.6 Å². The zero-order chi connectivity index (χ0) is 9.38. The molecule has 0 atom stereocenters. The summed E-state index contributed by atoms with van der Waals surface area (Å²) in [5, 5.41) is 1.17. The third-order valence-electron chi connectivity index (χ3n) is 2.51. The van der Waals surface area contributed by atoms with E-state index >= 15 is 0 Å². The van der Waals surface area contributed by atoms with Crippen molar-refractivity contribution in [3.05, 3.63) is 36.4 Å². The SMILES string of the molecule is C1=C(c2c[nH]c3ncccc23)CCO1. The molecule has 0 unspecified atom stereocenters. The summed E-state index contributed by atoms with van der Waals surface area (Å²) in [7, 11) is 0. The lowest BCUT2D eigenvalue weighted by Crippen LogP contribution is -1.80. The normalized spacial score (nSPS) is 15.6. The molecule has 3 rings (SSSR count). The highest BCUT2D eigenvalue weighted by molar-refractivity contribution is 5.90. The van der Waals surface area contributed by atoms with Gasteiger partial charge in [0.15, 0.2) is 0 Å². The highest BCUT2D eigenvalue weighted by Crippen LogP contribution is 2.28. The van der Waals surface area contributed by atoms with Gasteiger partial charge in [0.05, 0.1) is 12.9 Å². The van der Waals surface area contributed by atoms with Gasteiger partial charge in [0, 0.05) is 29.8 Å². The molecule has 0 spiro atoms. The van der Waals surface area contributed by atoms with Crippen molar-refractivity contribution in [2.75, 3.05) is 6.61 Å². The van der Waals surface area contributed by atoms with Crippen LogP contribution in [0.15, 0.2) is 30.8 Å². The lowest BCUT2D eigenvalue weighted by Gasteiger charge is -1.95. The molecule has 3 heteroatoms. The molecule has 3 nitrogen and oxygen atoms in total. The third-order valence-corrected chi connectivity index (χ3v) is 2.51. The van der Waals surface area contributed by atoms with Gasteiger partial charge in [-0.25, -0.2) is 4.98 Å². The second-order valence-electron chi connectivity index (χ2n) is 3.37. The van der Waals surface area contributed by atoms with Crippen molar-refractivity contribution in [2.45, 2.75) is 6.42 Å². The zero-order valence-electron chi connectivity index (χ0n) is 7.66. The second-order valence-corrected chi connectivity index (χ2v) is 3.37. The average Bonchev–Trinajstić information content (AvgIpc) is 2.85. The van der Waals surface area contributed by atoms with Gasteiger partial charge < -0.3 is 9.72 Å². The molecule has 1 aliphatic rings. The minimum Gasteiger partial charge on any atom is -0.501 e. The Morgan fingerprint density at radius 3 is 3.29 bits per heavy atom. The van der Waals surface area contributed by atoms with E-state index in [-0.39, 0.29) is 0 Å². The van der Waals surface area contributed by atoms with Crippen molar-refractivity contribution in [1.29, 1.82) is 0 Å². The van der Waals surface area contributed by atoms with Crippen LogP contribution in [0.5, 0.6) is 0 Å². The van der Waals surface area contributed by atoms with E-state index in [1.807, 2.05) is 18.5 Å². The van der Waals surface area contributed by atoms with Crippen LogP contribution >= 0.6 is 0 Å². The van der Waals surface area contributed by atoms with E-state index in [1.54, 1.807) is 6.20 Å². The van der Waals surface area contributed by atoms with Gasteiger partial charge in [0.1, 0.15) is 5.65 Å². The lowest BCUT2D eigenvalue weighted by atomic mass is 10.1. The molecule has 1 aliphatic heterocycles. The number of hydrogen-bond acceptors (Lipinski definition) is 2. The van der Waals surface area contributed by atoms with E-state index in [4.69, 9.17) is 4.74 Å². The van der Waals surface area contributed by atoms with Crippen molar-refractivity contribution in [3.63, 3.8) is 0 Å². The Labute approximate surface area is 81.4 Å². The van der Waals surface area contributed by atoms with E-state index in [9.17, 15) is 0 Å². The summed E-state index contributed by atoms with van der Waals surface area (Å²) in [6.45, 7) is 0.794. The summed E-state index contributed by atoms with van der Waals surface area (Å²) in [6, 6.07) is 4.03. The fraction of sp³-hybridized carbons (Fsp3) is 0.182. The van der Waals surface area contributed by atoms with Crippen molar-refractivity contribution in [3.8, 4) is 0 Å². The number of rotatable bonds is 1. The molecule has 0 saturated heterocycles. The summed E-state index contributed by atoms with van der Waals surface area (Å²) < 4.78 is 5.23. The summed E-state index contributed by atoms with van der Waals surface area (Å²) in [5.41, 5.74) is 3.41. The number of hydrogen-bond donors (Lipinski definition) is 1. The molecule has 3 heterocycles. The van der Waals surface area contributed by atoms with Crippen LogP contribution in [-0.2, 0) is 4.74 Å². The molecular formula is C11H10N2O. The van der Waals surface area contributed by atoms with Crippen LogP contribution in [0.1, 0.15) is 12.0 Å². The fourth-order valence-corrected chi connectivity index (χ4v) is 1.81. The van der Waals surface area contributed by atoms with Crippen molar-refractivity contribution < 1.29 is 4.74 Å². The topological polar surface area (TPSA) is 37.9 Å². The van der Waals surface area contributed by atoms with Crippen LogP contribution in [0, 0.1) is 0 Å². The molecule has 0 aliphatic carbocycles. The number of fused-ring (bicyclic) bond motifs is 1. The van der Waals surface area contributed by atoms with E-state index in [0.717, 1.165) is 18.7 Å². The standard InChI is InChI=1S/C11H10N2O/c1-2-9-10(8-3-5-14-7-8)6-13-11(9)12-4-1/h1-2,4,6-7H,3,5H2,(H,12,13). The first kappa shape index (κ1) is 7.62. The number of ether oxygens (including phenoxy) is 1. The van der Waals surface area contributed by atoms with E-state index in [1.165, 1.54) is 16.5 Å². The first-order chi connectivity index (χ1) is 6.95. The number of nitrogens with one attached hydrogen (secondary N) is 1. The molecule has 2 aromatic heterocycles. The van der Waals surface area contributed by atoms with Gasteiger partial charge in [-0.1, -0.05) is 0 Å². The average molecular weight is 186 g/mol. The van der Waals surface area contributed by atoms with E-state index in [0.29, 0.717) is 0 Å². The molecule has 70 valence electrons. The van der Waals surface area contributed by atoms with Gasteiger partial charge in [-0.3, -0.25) is 0 Å². The highest BCUT2D eigenvalue weighted by atomic mass is 16.5. The zero-order valence-corrected chi connectivity index (χ0v) is 7.66. The minimum absolute atomic E-state index is 0.794. The first-order valence-corrected chi connectivity index (χ1v) is 4.68. The molecule has 0 radical (unpaired) electrons. The van der Waals surface area contributed by atoms with E-state index < -0.39 is 0 Å². The van der Waals surface area contributed by atoms with E-state index in [2.05, 4.69) is 16.0 Å². The first-order valence-electron chi connectivity index (χ1n) is 4.68. The summed E-state index contributed by atoms with van der Waals surface area (Å²) in [6.07, 6.45) is 6.62. The van der Waals surface area contributed by atoms with Crippen LogP contribution < -0.4 is 0 Å². The number of aromatic amines is 1. The molecule has 2 aromatic rings. The van der Waals surface area contributed by atoms with Crippen molar-refractivity contribution in [1.82, 2.24) is 9.97 Å². The molecule has 0 bridgehead atoms. The molecular weight excluding hydrogens is 176 g/mol. The number of nitrogens with zero attached hydrogens (tertiary/aromatic N) is 1. The maximum Gasteiger partial charge on any atom is 0.137 e. The minimum atomic E-state index is 0.794. The van der Waals surface area contributed by atoms with Gasteiger partial charge in [-0.2, -0.15) is 0 Å². The van der Waals surface area contributed by atoms with Gasteiger partial charge in [0.2, 0.25) is 0 Å². The number of pyridine rings is 1. The van der Waals surface area contributed by atoms with Gasteiger partial charge in [-0.05, 0) is 17.7 Å². The quantitative estimate of drug-likeness (QED) is 0.742. The van der Waals surface area contributed by atoms with Gasteiger partial charge in [-0.15, -0.1) is 0 Å². The maximum absolute atomic E-state index is 5.23. The number of H-pyrrole nitrogens is 1. The third kappa shape index (κ3) is 1.02. The lowest BCUT2D eigenvalue weighted by molar-refractivity contribution is 0.281. The van der Waals surface area contributed by atoms with Gasteiger partial charge >= 0.3 is 0 Å². The monoisotopic (exact) mass is 186 g/mol. The summed E-state index contributed by atoms with van der Waals surface area (Å²) >= 11 is 0. The Bertz CT molecular complexity index is 499. The molecule has 0 saturated carbocycles. The predicted molar refractivity (Wildman–Crippen MR) is 54.6 cm³/mol. The Morgan fingerprint density at radius 2 is 2.43 bits per heavy atom. The summed E-state index contributed by atoms with van der Waals surface area (Å²) in [5.74, 6) is 0. The van der Waals surface area contributed by atoms with Gasteiger partial charge in [0.25, 0.3) is 0 Å². The molecule has 14 heavy (non-hydrogen) atoms. The summed E-state index contributed by atoms with van der Waals surface area (Å²) in [4.78, 5) is 7.41. The smallest absolute Gasteiger partial charge is 0.137 e. The van der Waals surface area contributed by atoms with Crippen LogP contribution in [0.3, 0.4) is 0 Å².